The van der Waals surface area contributed by atoms with Crippen LogP contribution in [0, 0.1) is 11.6 Å². The Hall–Kier alpha value is -2.90. The third-order valence-corrected chi connectivity index (χ3v) is 3.23. The Bertz CT molecular complexity index is 793. The summed E-state index contributed by atoms with van der Waals surface area (Å²) in [5, 5.41) is 2.50. The summed E-state index contributed by atoms with van der Waals surface area (Å²) in [6.45, 7) is 0. The Morgan fingerprint density at radius 3 is 2.42 bits per heavy atom. The van der Waals surface area contributed by atoms with Crippen LogP contribution < -0.4 is 5.32 Å². The molecular weight excluding hydrogens is 330 g/mol. The Balaban J connectivity index is 2.56. The molecule has 0 unspecified atom stereocenters. The van der Waals surface area contributed by atoms with Crippen LogP contribution in [-0.4, -0.2) is 19.4 Å². The van der Waals surface area contributed by atoms with Crippen LogP contribution in [0.1, 0.15) is 32.7 Å². The van der Waals surface area contributed by atoms with E-state index in [2.05, 4.69) is 10.1 Å². The smallest absolute Gasteiger partial charge is 0.340 e. The molecule has 0 heterocycles. The van der Waals surface area contributed by atoms with E-state index in [0.717, 1.165) is 13.2 Å². The number of rotatable bonds is 5. The van der Waals surface area contributed by atoms with E-state index in [4.69, 9.17) is 0 Å². The molecule has 0 aliphatic rings. The van der Waals surface area contributed by atoms with Crippen LogP contribution in [0.5, 0.6) is 0 Å². The van der Waals surface area contributed by atoms with E-state index in [1.165, 1.54) is 12.1 Å². The van der Waals surface area contributed by atoms with Gasteiger partial charge in [-0.2, -0.15) is 0 Å². The van der Waals surface area contributed by atoms with Crippen LogP contribution in [0.4, 0.5) is 28.9 Å². The van der Waals surface area contributed by atoms with Crippen molar-refractivity contribution in [1.82, 2.24) is 0 Å². The minimum Gasteiger partial charge on any atom is -0.465 e. The first kappa shape index (κ1) is 17.5. The molecule has 0 fully saturated rings. The second-order valence-electron chi connectivity index (χ2n) is 4.66. The molecule has 0 atom stereocenters. The molecule has 4 nitrogen and oxygen atoms in total. The van der Waals surface area contributed by atoms with Crippen molar-refractivity contribution in [1.29, 1.82) is 0 Å². The van der Waals surface area contributed by atoms with Crippen LogP contribution >= 0.6 is 0 Å². The van der Waals surface area contributed by atoms with Crippen LogP contribution in [0.2, 0.25) is 0 Å². The van der Waals surface area contributed by atoms with Gasteiger partial charge in [-0.3, -0.25) is 4.79 Å². The number of hydrogen-bond acceptors (Lipinski definition) is 4. The van der Waals surface area contributed by atoms with Gasteiger partial charge < -0.3 is 10.1 Å². The number of ether oxygens (including phenoxy) is 1. The van der Waals surface area contributed by atoms with E-state index >= 15 is 0 Å². The molecular formula is C16H11F4NO3. The summed E-state index contributed by atoms with van der Waals surface area (Å²) in [5.41, 5.74) is -1.55. The summed E-state index contributed by atoms with van der Waals surface area (Å²) < 4.78 is 57.2. The largest absolute Gasteiger partial charge is 0.465 e. The summed E-state index contributed by atoms with van der Waals surface area (Å²) in [7, 11) is 1.04. The van der Waals surface area contributed by atoms with Gasteiger partial charge in [0.1, 0.15) is 0 Å². The van der Waals surface area contributed by atoms with Gasteiger partial charge in [-0.15, -0.1) is 0 Å². The minimum atomic E-state index is -2.91. The average Bonchev–Trinajstić information content (AvgIpc) is 2.56. The zero-order valence-electron chi connectivity index (χ0n) is 12.3. The Labute approximate surface area is 134 Å². The normalized spacial score (nSPS) is 10.6. The standard InChI is InChI=1S/C16H11F4NO3/c1-24-16(23)9-5-11(17)12(18)6-14(9)21-13-4-2-3-8(15(19)20)10(13)7-22/h2-7,15,21H,1H3. The molecule has 2 aromatic carbocycles. The third-order valence-electron chi connectivity index (χ3n) is 3.23. The number of halogens is 4. The van der Waals surface area contributed by atoms with Gasteiger partial charge >= 0.3 is 5.97 Å². The van der Waals surface area contributed by atoms with Crippen LogP contribution in [0.25, 0.3) is 0 Å². The summed E-state index contributed by atoms with van der Waals surface area (Å²) in [5.74, 6) is -3.50. The lowest BCUT2D eigenvalue weighted by Crippen LogP contribution is -2.09. The van der Waals surface area contributed by atoms with Gasteiger partial charge in [0.2, 0.25) is 0 Å². The number of benzene rings is 2. The number of carbonyl (C=O) groups is 2. The van der Waals surface area contributed by atoms with Gasteiger partial charge in [0, 0.05) is 22.9 Å². The minimum absolute atomic E-state index is 0.0843. The van der Waals surface area contributed by atoms with Crippen molar-refractivity contribution in [3.63, 3.8) is 0 Å². The molecule has 0 aliphatic heterocycles. The fourth-order valence-corrected chi connectivity index (χ4v) is 2.09. The molecule has 0 aliphatic carbocycles. The number of methoxy groups -OCH3 is 1. The highest BCUT2D eigenvalue weighted by Gasteiger charge is 2.20. The van der Waals surface area contributed by atoms with Gasteiger partial charge in [0.25, 0.3) is 6.43 Å². The number of anilines is 2. The van der Waals surface area contributed by atoms with Gasteiger partial charge in [0.15, 0.2) is 17.9 Å². The molecule has 0 amide bonds. The lowest BCUT2D eigenvalue weighted by molar-refractivity contribution is 0.0601. The van der Waals surface area contributed by atoms with Crippen molar-refractivity contribution in [3.8, 4) is 0 Å². The van der Waals surface area contributed by atoms with Crippen molar-refractivity contribution in [2.75, 3.05) is 12.4 Å². The van der Waals surface area contributed by atoms with Crippen molar-refractivity contribution in [2.45, 2.75) is 6.43 Å². The quantitative estimate of drug-likeness (QED) is 0.502. The number of alkyl halides is 2. The topological polar surface area (TPSA) is 55.4 Å². The average molecular weight is 341 g/mol. The molecule has 0 saturated carbocycles. The highest BCUT2D eigenvalue weighted by atomic mass is 19.3. The number of esters is 1. The second-order valence-corrected chi connectivity index (χ2v) is 4.66. The summed E-state index contributed by atoms with van der Waals surface area (Å²) in [4.78, 5) is 22.8. The first-order valence-corrected chi connectivity index (χ1v) is 6.59. The van der Waals surface area contributed by atoms with E-state index in [1.54, 1.807) is 0 Å². The predicted molar refractivity (Wildman–Crippen MR) is 77.8 cm³/mol. The van der Waals surface area contributed by atoms with Crippen LogP contribution in [0.3, 0.4) is 0 Å². The molecule has 2 rings (SSSR count). The van der Waals surface area contributed by atoms with E-state index < -0.39 is 29.6 Å². The molecule has 8 heteroatoms. The molecule has 2 aromatic rings. The van der Waals surface area contributed by atoms with Gasteiger partial charge in [-0.25, -0.2) is 22.4 Å². The van der Waals surface area contributed by atoms with Crippen LogP contribution in [0.15, 0.2) is 30.3 Å². The molecule has 0 radical (unpaired) electrons. The zero-order valence-corrected chi connectivity index (χ0v) is 12.3. The molecule has 0 bridgehead atoms. The number of nitrogens with one attached hydrogen (secondary N) is 1. The van der Waals surface area contributed by atoms with Gasteiger partial charge in [0.05, 0.1) is 18.4 Å². The summed E-state index contributed by atoms with van der Waals surface area (Å²) >= 11 is 0. The SMILES string of the molecule is COC(=O)c1cc(F)c(F)cc1Nc1cccc(C(F)F)c1C=O. The highest BCUT2D eigenvalue weighted by molar-refractivity contribution is 5.97. The number of carbonyl (C=O) groups excluding carboxylic acids is 2. The summed E-state index contributed by atoms with van der Waals surface area (Å²) in [6, 6.07) is 4.89. The molecule has 1 N–H and O–H groups in total. The van der Waals surface area contributed by atoms with Gasteiger partial charge in [-0.1, -0.05) is 12.1 Å². The first-order valence-electron chi connectivity index (χ1n) is 6.59. The number of aldehydes is 1. The highest BCUT2D eigenvalue weighted by Crippen LogP contribution is 2.31. The van der Waals surface area contributed by atoms with Crippen molar-refractivity contribution >= 4 is 23.6 Å². The third kappa shape index (κ3) is 3.37. The van der Waals surface area contributed by atoms with E-state index in [0.29, 0.717) is 12.1 Å². The van der Waals surface area contributed by atoms with E-state index in [9.17, 15) is 27.2 Å². The van der Waals surface area contributed by atoms with Crippen molar-refractivity contribution < 1.29 is 31.9 Å². The lowest BCUT2D eigenvalue weighted by Gasteiger charge is -2.15. The molecule has 0 aromatic heterocycles. The fraction of sp³-hybridized carbons (Fsp3) is 0.125. The monoisotopic (exact) mass is 341 g/mol. The molecule has 0 saturated heterocycles. The number of hydrogen-bond donors (Lipinski definition) is 1. The summed E-state index contributed by atoms with van der Waals surface area (Å²) in [6.07, 6.45) is -2.70. The van der Waals surface area contributed by atoms with Gasteiger partial charge in [-0.05, 0) is 12.1 Å². The second kappa shape index (κ2) is 7.12. The van der Waals surface area contributed by atoms with E-state index in [-0.39, 0.29) is 28.8 Å². The maximum absolute atomic E-state index is 13.5. The maximum atomic E-state index is 13.5. The zero-order chi connectivity index (χ0) is 17.9. The fourth-order valence-electron chi connectivity index (χ4n) is 2.09. The van der Waals surface area contributed by atoms with Crippen LogP contribution in [-0.2, 0) is 4.74 Å². The lowest BCUT2D eigenvalue weighted by atomic mass is 10.1. The Kier molecular flexibility index (Phi) is 5.18. The van der Waals surface area contributed by atoms with Crippen molar-refractivity contribution in [2.24, 2.45) is 0 Å². The Morgan fingerprint density at radius 1 is 1.17 bits per heavy atom. The van der Waals surface area contributed by atoms with E-state index in [1.807, 2.05) is 0 Å². The molecule has 24 heavy (non-hydrogen) atoms. The molecule has 126 valence electrons. The predicted octanol–water partition coefficient (Wildman–Crippen LogP) is 4.25. The maximum Gasteiger partial charge on any atom is 0.340 e. The van der Waals surface area contributed by atoms with Crippen molar-refractivity contribution in [3.05, 3.63) is 58.7 Å². The first-order chi connectivity index (χ1) is 11.4. The molecule has 0 spiro atoms. The Morgan fingerprint density at radius 2 is 1.83 bits per heavy atom.